The van der Waals surface area contributed by atoms with E-state index < -0.39 is 0 Å². The van der Waals surface area contributed by atoms with Crippen LogP contribution in [0.25, 0.3) is 0 Å². The van der Waals surface area contributed by atoms with Gasteiger partial charge in [-0.3, -0.25) is 4.79 Å². The molecular weight excluding hydrogens is 244 g/mol. The third kappa shape index (κ3) is 2.54. The predicted molar refractivity (Wildman–Crippen MR) is 72.3 cm³/mol. The molecule has 1 heterocycles. The molecule has 0 spiro atoms. The summed E-state index contributed by atoms with van der Waals surface area (Å²) < 4.78 is 5.20. The van der Waals surface area contributed by atoms with Crippen LogP contribution >= 0.6 is 0 Å². The van der Waals surface area contributed by atoms with Crippen LogP contribution in [0.15, 0.2) is 24.3 Å². The standard InChI is InChI=1S/C14H18N2O3/c1-9(2)10-8-13(17)16(14(18)15-10)11-6-4-5-7-12(11)19-3/h4-7,9-10H,8H2,1-3H3,(H,15,18). The van der Waals surface area contributed by atoms with Crippen molar-refractivity contribution in [1.29, 1.82) is 0 Å². The van der Waals surface area contributed by atoms with Gasteiger partial charge in [0, 0.05) is 12.5 Å². The fourth-order valence-electron chi connectivity index (χ4n) is 2.13. The van der Waals surface area contributed by atoms with Crippen molar-refractivity contribution >= 4 is 17.6 Å². The quantitative estimate of drug-likeness (QED) is 0.908. The van der Waals surface area contributed by atoms with Gasteiger partial charge < -0.3 is 10.1 Å². The van der Waals surface area contributed by atoms with Gasteiger partial charge >= 0.3 is 6.03 Å². The van der Waals surface area contributed by atoms with Gasteiger partial charge in [-0.05, 0) is 18.1 Å². The molecule has 5 nitrogen and oxygen atoms in total. The average Bonchev–Trinajstić information content (AvgIpc) is 2.38. The zero-order valence-electron chi connectivity index (χ0n) is 11.3. The van der Waals surface area contributed by atoms with Gasteiger partial charge in [0.25, 0.3) is 0 Å². The van der Waals surface area contributed by atoms with Crippen molar-refractivity contribution in [2.24, 2.45) is 5.92 Å². The number of methoxy groups -OCH3 is 1. The van der Waals surface area contributed by atoms with Gasteiger partial charge in [0.2, 0.25) is 5.91 Å². The molecule has 1 aromatic rings. The molecule has 0 bridgehead atoms. The Balaban J connectivity index is 2.31. The fourth-order valence-corrected chi connectivity index (χ4v) is 2.13. The molecule has 1 atom stereocenters. The number of carbonyl (C=O) groups is 2. The highest BCUT2D eigenvalue weighted by atomic mass is 16.5. The lowest BCUT2D eigenvalue weighted by molar-refractivity contribution is -0.119. The normalized spacial score (nSPS) is 19.6. The molecule has 3 amide bonds. The van der Waals surface area contributed by atoms with Gasteiger partial charge in [-0.25, -0.2) is 9.69 Å². The van der Waals surface area contributed by atoms with Crippen molar-refractivity contribution in [3.63, 3.8) is 0 Å². The summed E-state index contributed by atoms with van der Waals surface area (Å²) in [6, 6.07) is 6.50. The Morgan fingerprint density at radius 2 is 2.00 bits per heavy atom. The fraction of sp³-hybridized carbons (Fsp3) is 0.429. The molecule has 0 aromatic heterocycles. The minimum absolute atomic E-state index is 0.106. The molecule has 5 heteroatoms. The summed E-state index contributed by atoms with van der Waals surface area (Å²) in [5.41, 5.74) is 0.481. The maximum atomic E-state index is 12.2. The number of hydrogen-bond donors (Lipinski definition) is 1. The summed E-state index contributed by atoms with van der Waals surface area (Å²) in [5, 5.41) is 2.86. The van der Waals surface area contributed by atoms with E-state index in [-0.39, 0.29) is 23.9 Å². The second-order valence-electron chi connectivity index (χ2n) is 4.91. The first-order valence-electron chi connectivity index (χ1n) is 6.31. The molecule has 1 unspecified atom stereocenters. The monoisotopic (exact) mass is 262 g/mol. The number of para-hydroxylation sites is 2. The minimum Gasteiger partial charge on any atom is -0.495 e. The lowest BCUT2D eigenvalue weighted by atomic mass is 9.98. The Morgan fingerprint density at radius 3 is 2.58 bits per heavy atom. The van der Waals surface area contributed by atoms with Gasteiger partial charge in [-0.1, -0.05) is 26.0 Å². The highest BCUT2D eigenvalue weighted by Crippen LogP contribution is 2.30. The van der Waals surface area contributed by atoms with Gasteiger partial charge in [-0.2, -0.15) is 0 Å². The van der Waals surface area contributed by atoms with Crippen LogP contribution in [-0.4, -0.2) is 25.1 Å². The van der Waals surface area contributed by atoms with Gasteiger partial charge in [0.05, 0.1) is 12.8 Å². The molecule has 0 saturated carbocycles. The second-order valence-corrected chi connectivity index (χ2v) is 4.91. The van der Waals surface area contributed by atoms with Gasteiger partial charge in [0.15, 0.2) is 0 Å². The zero-order chi connectivity index (χ0) is 14.0. The molecule has 0 aliphatic carbocycles. The molecule has 1 N–H and O–H groups in total. The van der Waals surface area contributed by atoms with Crippen molar-refractivity contribution in [2.45, 2.75) is 26.3 Å². The second kappa shape index (κ2) is 5.30. The smallest absolute Gasteiger partial charge is 0.329 e. The molecular formula is C14H18N2O3. The van der Waals surface area contributed by atoms with Crippen molar-refractivity contribution in [3.05, 3.63) is 24.3 Å². The Bertz CT molecular complexity index is 481. The van der Waals surface area contributed by atoms with E-state index in [2.05, 4.69) is 5.32 Å². The lowest BCUT2D eigenvalue weighted by Crippen LogP contribution is -2.56. The summed E-state index contributed by atoms with van der Waals surface area (Å²) in [5.74, 6) is 0.536. The molecule has 1 aromatic carbocycles. The number of hydrogen-bond acceptors (Lipinski definition) is 3. The van der Waals surface area contributed by atoms with E-state index in [1.807, 2.05) is 13.8 Å². The van der Waals surface area contributed by atoms with E-state index >= 15 is 0 Å². The van der Waals surface area contributed by atoms with Crippen LogP contribution in [0, 0.1) is 5.92 Å². The number of amides is 3. The van der Waals surface area contributed by atoms with Crippen molar-refractivity contribution in [2.75, 3.05) is 12.0 Å². The highest BCUT2D eigenvalue weighted by molar-refractivity contribution is 6.16. The maximum Gasteiger partial charge on any atom is 0.329 e. The summed E-state index contributed by atoms with van der Waals surface area (Å²) in [6.07, 6.45) is 0.307. The molecule has 0 radical (unpaired) electrons. The van der Waals surface area contributed by atoms with Gasteiger partial charge in [0.1, 0.15) is 5.75 Å². The number of benzene rings is 1. The first-order valence-corrected chi connectivity index (χ1v) is 6.31. The average molecular weight is 262 g/mol. The van der Waals surface area contributed by atoms with Crippen LogP contribution in [0.4, 0.5) is 10.5 Å². The molecule has 1 saturated heterocycles. The van der Waals surface area contributed by atoms with E-state index in [4.69, 9.17) is 4.74 Å². The van der Waals surface area contributed by atoms with Crippen LogP contribution in [0.5, 0.6) is 5.75 Å². The lowest BCUT2D eigenvalue weighted by Gasteiger charge is -2.33. The summed E-state index contributed by atoms with van der Waals surface area (Å²) >= 11 is 0. The Kier molecular flexibility index (Phi) is 3.74. The van der Waals surface area contributed by atoms with Gasteiger partial charge in [-0.15, -0.1) is 0 Å². The van der Waals surface area contributed by atoms with E-state index in [9.17, 15) is 9.59 Å². The Labute approximate surface area is 112 Å². The predicted octanol–water partition coefficient (Wildman–Crippen LogP) is 2.17. The number of carbonyl (C=O) groups excluding carboxylic acids is 2. The zero-order valence-corrected chi connectivity index (χ0v) is 11.3. The summed E-state index contributed by atoms with van der Waals surface area (Å²) in [6.45, 7) is 3.97. The summed E-state index contributed by atoms with van der Waals surface area (Å²) in [4.78, 5) is 25.5. The van der Waals surface area contributed by atoms with Crippen LogP contribution in [-0.2, 0) is 4.79 Å². The third-order valence-electron chi connectivity index (χ3n) is 3.29. The maximum absolute atomic E-state index is 12.2. The summed E-state index contributed by atoms with van der Waals surface area (Å²) in [7, 11) is 1.52. The minimum atomic E-state index is -0.389. The topological polar surface area (TPSA) is 58.6 Å². The van der Waals surface area contributed by atoms with E-state index in [1.165, 1.54) is 7.11 Å². The molecule has 102 valence electrons. The highest BCUT2D eigenvalue weighted by Gasteiger charge is 2.35. The Hall–Kier alpha value is -2.04. The Morgan fingerprint density at radius 1 is 1.32 bits per heavy atom. The number of nitrogens with one attached hydrogen (secondary N) is 1. The number of anilines is 1. The van der Waals surface area contributed by atoms with E-state index in [0.29, 0.717) is 17.9 Å². The number of urea groups is 1. The van der Waals surface area contributed by atoms with Crippen LogP contribution in [0.3, 0.4) is 0 Å². The first-order chi connectivity index (χ1) is 9.04. The van der Waals surface area contributed by atoms with E-state index in [1.54, 1.807) is 24.3 Å². The molecule has 1 aliphatic heterocycles. The van der Waals surface area contributed by atoms with Crippen molar-refractivity contribution in [3.8, 4) is 5.75 Å². The SMILES string of the molecule is COc1ccccc1N1C(=O)CC(C(C)C)NC1=O. The van der Waals surface area contributed by atoms with Crippen molar-refractivity contribution < 1.29 is 14.3 Å². The number of ether oxygens (including phenoxy) is 1. The molecule has 1 aliphatic rings. The van der Waals surface area contributed by atoms with E-state index in [0.717, 1.165) is 4.90 Å². The molecule has 2 rings (SSSR count). The number of imide groups is 1. The van der Waals surface area contributed by atoms with Crippen LogP contribution in [0.2, 0.25) is 0 Å². The number of rotatable bonds is 3. The number of nitrogens with zero attached hydrogens (tertiary/aromatic N) is 1. The van der Waals surface area contributed by atoms with Crippen LogP contribution in [0.1, 0.15) is 20.3 Å². The largest absolute Gasteiger partial charge is 0.495 e. The van der Waals surface area contributed by atoms with Crippen molar-refractivity contribution in [1.82, 2.24) is 5.32 Å². The molecule has 1 fully saturated rings. The third-order valence-corrected chi connectivity index (χ3v) is 3.29. The van der Waals surface area contributed by atoms with Crippen LogP contribution < -0.4 is 15.0 Å². The first kappa shape index (κ1) is 13.4. The molecule has 19 heavy (non-hydrogen) atoms.